The molecule has 106 valence electrons. The third-order valence-corrected chi connectivity index (χ3v) is 4.12. The molecule has 0 aliphatic heterocycles. The van der Waals surface area contributed by atoms with Gasteiger partial charge in [0, 0.05) is 15.5 Å². The van der Waals surface area contributed by atoms with Crippen LogP contribution in [0.2, 0.25) is 5.02 Å². The molecule has 2 aromatic carbocycles. The minimum atomic E-state index is 0.0786. The second kappa shape index (κ2) is 6.75. The average Bonchev–Trinajstić information content (AvgIpc) is 2.31. The zero-order valence-corrected chi connectivity index (χ0v) is 14.1. The third-order valence-electron chi connectivity index (χ3n) is 3.28. The molecule has 0 saturated heterocycles. The Kier molecular flexibility index (Phi) is 5.25. The summed E-state index contributed by atoms with van der Waals surface area (Å²) in [7, 11) is 0. The van der Waals surface area contributed by atoms with Crippen LogP contribution in [0.3, 0.4) is 0 Å². The summed E-state index contributed by atoms with van der Waals surface area (Å²) in [5.41, 5.74) is 11.2. The maximum absolute atomic E-state index is 6.27. The van der Waals surface area contributed by atoms with Crippen molar-refractivity contribution < 1.29 is 0 Å². The first kappa shape index (κ1) is 15.6. The van der Waals surface area contributed by atoms with Gasteiger partial charge < -0.3 is 5.73 Å². The molecule has 0 aromatic heterocycles. The molecule has 2 rings (SSSR count). The Morgan fingerprint density at radius 3 is 2.30 bits per heavy atom. The van der Waals surface area contributed by atoms with Gasteiger partial charge in [-0.3, -0.25) is 0 Å². The quantitative estimate of drug-likeness (QED) is 0.838. The molecular formula is C17H19BrClN. The van der Waals surface area contributed by atoms with Crippen molar-refractivity contribution in [2.24, 2.45) is 5.73 Å². The fraction of sp³-hybridized carbons (Fsp3) is 0.294. The van der Waals surface area contributed by atoms with Crippen molar-refractivity contribution in [3.63, 3.8) is 0 Å². The monoisotopic (exact) mass is 351 g/mol. The Labute approximate surface area is 134 Å². The molecular weight excluding hydrogens is 334 g/mol. The van der Waals surface area contributed by atoms with E-state index in [-0.39, 0.29) is 6.04 Å². The van der Waals surface area contributed by atoms with Crippen molar-refractivity contribution in [3.05, 3.63) is 68.1 Å². The molecule has 1 nitrogen and oxygen atoms in total. The third kappa shape index (κ3) is 4.34. The van der Waals surface area contributed by atoms with Crippen molar-refractivity contribution in [1.82, 2.24) is 0 Å². The smallest absolute Gasteiger partial charge is 0.0449 e. The van der Waals surface area contributed by atoms with Gasteiger partial charge in [-0.15, -0.1) is 0 Å². The van der Waals surface area contributed by atoms with Gasteiger partial charge >= 0.3 is 0 Å². The van der Waals surface area contributed by atoms with Crippen LogP contribution in [0.1, 0.15) is 22.3 Å². The highest BCUT2D eigenvalue weighted by Gasteiger charge is 2.09. The molecule has 2 N–H and O–H groups in total. The van der Waals surface area contributed by atoms with Gasteiger partial charge in [0.2, 0.25) is 0 Å². The Morgan fingerprint density at radius 2 is 1.70 bits per heavy atom. The van der Waals surface area contributed by atoms with Crippen LogP contribution >= 0.6 is 27.5 Å². The molecule has 0 saturated carbocycles. The summed E-state index contributed by atoms with van der Waals surface area (Å²) in [6, 6.07) is 12.6. The second-order valence-electron chi connectivity index (χ2n) is 5.40. The average molecular weight is 353 g/mol. The molecule has 0 aliphatic rings. The summed E-state index contributed by atoms with van der Waals surface area (Å²) in [4.78, 5) is 0. The number of rotatable bonds is 4. The molecule has 0 spiro atoms. The second-order valence-corrected chi connectivity index (χ2v) is 6.72. The van der Waals surface area contributed by atoms with Crippen LogP contribution in [-0.4, -0.2) is 6.04 Å². The summed E-state index contributed by atoms with van der Waals surface area (Å²) in [5, 5.41) is 0.773. The van der Waals surface area contributed by atoms with E-state index in [1.807, 2.05) is 18.2 Å². The number of aryl methyl sites for hydroxylation is 2. The summed E-state index contributed by atoms with van der Waals surface area (Å²) in [6.45, 7) is 4.24. The standard InChI is InChI=1S/C17H19BrClN/c1-11-5-12(2)7-13(6-11)8-16(20)9-14-3-4-15(18)10-17(14)19/h3-7,10,16H,8-9,20H2,1-2H3. The first-order valence-electron chi connectivity index (χ1n) is 6.70. The van der Waals surface area contributed by atoms with Crippen molar-refractivity contribution in [3.8, 4) is 0 Å². The maximum atomic E-state index is 6.27. The minimum Gasteiger partial charge on any atom is -0.327 e. The first-order valence-corrected chi connectivity index (χ1v) is 7.88. The van der Waals surface area contributed by atoms with Crippen molar-refractivity contribution in [1.29, 1.82) is 0 Å². The summed E-state index contributed by atoms with van der Waals surface area (Å²) in [6.07, 6.45) is 1.66. The lowest BCUT2D eigenvalue weighted by molar-refractivity contribution is 0.664. The summed E-state index contributed by atoms with van der Waals surface area (Å²) >= 11 is 9.66. The molecule has 0 heterocycles. The van der Waals surface area contributed by atoms with Crippen molar-refractivity contribution in [2.45, 2.75) is 32.7 Å². The molecule has 3 heteroatoms. The van der Waals surface area contributed by atoms with Crippen LogP contribution in [0.25, 0.3) is 0 Å². The normalized spacial score (nSPS) is 12.4. The van der Waals surface area contributed by atoms with Gasteiger partial charge in [-0.25, -0.2) is 0 Å². The fourth-order valence-electron chi connectivity index (χ4n) is 2.53. The van der Waals surface area contributed by atoms with Gasteiger partial charge in [0.15, 0.2) is 0 Å². The SMILES string of the molecule is Cc1cc(C)cc(CC(N)Cc2ccc(Br)cc2Cl)c1. The summed E-state index contributed by atoms with van der Waals surface area (Å²) in [5.74, 6) is 0. The van der Waals surface area contributed by atoms with Gasteiger partial charge in [0.25, 0.3) is 0 Å². The lowest BCUT2D eigenvalue weighted by Gasteiger charge is -2.14. The lowest BCUT2D eigenvalue weighted by Crippen LogP contribution is -2.25. The molecule has 0 fully saturated rings. The first-order chi connectivity index (χ1) is 9.44. The van der Waals surface area contributed by atoms with Gasteiger partial charge in [-0.1, -0.05) is 62.9 Å². The Morgan fingerprint density at radius 1 is 1.05 bits per heavy atom. The van der Waals surface area contributed by atoms with Crippen LogP contribution in [0.15, 0.2) is 40.9 Å². The van der Waals surface area contributed by atoms with E-state index < -0.39 is 0 Å². The number of hydrogen-bond acceptors (Lipinski definition) is 1. The van der Waals surface area contributed by atoms with E-state index in [0.29, 0.717) is 0 Å². The van der Waals surface area contributed by atoms with E-state index in [0.717, 1.165) is 27.9 Å². The van der Waals surface area contributed by atoms with E-state index in [1.54, 1.807) is 0 Å². The maximum Gasteiger partial charge on any atom is 0.0449 e. The molecule has 0 aliphatic carbocycles. The van der Waals surface area contributed by atoms with Gasteiger partial charge in [-0.2, -0.15) is 0 Å². The highest BCUT2D eigenvalue weighted by molar-refractivity contribution is 9.10. The zero-order chi connectivity index (χ0) is 14.7. The van der Waals surface area contributed by atoms with E-state index >= 15 is 0 Å². The van der Waals surface area contributed by atoms with E-state index in [9.17, 15) is 0 Å². The van der Waals surface area contributed by atoms with Crippen LogP contribution < -0.4 is 5.73 Å². The topological polar surface area (TPSA) is 26.0 Å². The van der Waals surface area contributed by atoms with Crippen LogP contribution in [0, 0.1) is 13.8 Å². The van der Waals surface area contributed by atoms with Gasteiger partial charge in [0.1, 0.15) is 0 Å². The van der Waals surface area contributed by atoms with E-state index in [4.69, 9.17) is 17.3 Å². The van der Waals surface area contributed by atoms with E-state index in [1.165, 1.54) is 16.7 Å². The van der Waals surface area contributed by atoms with Gasteiger partial charge in [0.05, 0.1) is 0 Å². The highest BCUT2D eigenvalue weighted by Crippen LogP contribution is 2.23. The number of hydrogen-bond donors (Lipinski definition) is 1. The predicted octanol–water partition coefficient (Wildman–Crippen LogP) is 4.83. The van der Waals surface area contributed by atoms with E-state index in [2.05, 4.69) is 48.0 Å². The summed E-state index contributed by atoms with van der Waals surface area (Å²) < 4.78 is 0.995. The van der Waals surface area contributed by atoms with Crippen LogP contribution in [0.4, 0.5) is 0 Å². The van der Waals surface area contributed by atoms with Crippen molar-refractivity contribution >= 4 is 27.5 Å². The molecule has 1 atom stereocenters. The Hall–Kier alpha value is -0.830. The highest BCUT2D eigenvalue weighted by atomic mass is 79.9. The Balaban J connectivity index is 2.06. The van der Waals surface area contributed by atoms with Crippen LogP contribution in [0.5, 0.6) is 0 Å². The number of nitrogens with two attached hydrogens (primary N) is 1. The van der Waals surface area contributed by atoms with Crippen molar-refractivity contribution in [2.75, 3.05) is 0 Å². The zero-order valence-electron chi connectivity index (χ0n) is 11.8. The van der Waals surface area contributed by atoms with Crippen LogP contribution in [-0.2, 0) is 12.8 Å². The molecule has 0 bridgehead atoms. The number of benzene rings is 2. The minimum absolute atomic E-state index is 0.0786. The Bertz CT molecular complexity index is 590. The number of halogens is 2. The molecule has 1 unspecified atom stereocenters. The molecule has 20 heavy (non-hydrogen) atoms. The predicted molar refractivity (Wildman–Crippen MR) is 90.5 cm³/mol. The fourth-order valence-corrected chi connectivity index (χ4v) is 3.28. The molecule has 2 aromatic rings. The largest absolute Gasteiger partial charge is 0.327 e. The van der Waals surface area contributed by atoms with Gasteiger partial charge in [-0.05, 0) is 49.9 Å². The lowest BCUT2D eigenvalue weighted by atomic mass is 9.97. The molecule has 0 amide bonds. The molecule has 0 radical (unpaired) electrons.